The largest absolute Gasteiger partial charge is 0.440 e. The van der Waals surface area contributed by atoms with Crippen molar-refractivity contribution in [1.82, 2.24) is 10.2 Å². The maximum Gasteiger partial charge on any atom is 0.414 e. The number of halogens is 3. The summed E-state index contributed by atoms with van der Waals surface area (Å²) in [6.45, 7) is 19.1. The lowest BCUT2D eigenvalue weighted by Gasteiger charge is -2.60. The topological polar surface area (TPSA) is 136 Å². The number of rotatable bonds is 6. The van der Waals surface area contributed by atoms with E-state index in [4.69, 9.17) is 58.5 Å². The molecule has 8 aliphatic rings. The van der Waals surface area contributed by atoms with E-state index in [-0.39, 0.29) is 51.8 Å². The lowest BCUT2D eigenvalue weighted by molar-refractivity contribution is -0.254. The van der Waals surface area contributed by atoms with Gasteiger partial charge < -0.3 is 33.9 Å². The number of aliphatic hydroxyl groups excluding tert-OH is 1. The van der Waals surface area contributed by atoms with Gasteiger partial charge in [-0.25, -0.2) is 4.79 Å². The van der Waals surface area contributed by atoms with Crippen molar-refractivity contribution in [2.75, 3.05) is 32.9 Å². The lowest BCUT2D eigenvalue weighted by Crippen LogP contribution is -2.58. The fourth-order valence-electron chi connectivity index (χ4n) is 14.7. The molecule has 0 radical (unpaired) electrons. The zero-order chi connectivity index (χ0) is 39.0. The number of carbonyl (C=O) groups excluding carboxylic acids is 2. The first-order chi connectivity index (χ1) is 25.2. The molecule has 3 aliphatic heterocycles. The van der Waals surface area contributed by atoms with Crippen LogP contribution in [0.2, 0.25) is 0 Å². The van der Waals surface area contributed by atoms with E-state index in [0.29, 0.717) is 36.8 Å². The second-order valence-electron chi connectivity index (χ2n) is 19.8. The Bertz CT molecular complexity index is 1490. The van der Waals surface area contributed by atoms with E-state index in [9.17, 15) is 19.8 Å². The first-order valence-electron chi connectivity index (χ1n) is 20.4. The van der Waals surface area contributed by atoms with Crippen LogP contribution in [0.15, 0.2) is 0 Å². The second-order valence-corrected chi connectivity index (χ2v) is 22.1. The average Bonchev–Trinajstić information content (AvgIpc) is 3.48. The maximum atomic E-state index is 12.8. The van der Waals surface area contributed by atoms with Crippen molar-refractivity contribution in [3.05, 3.63) is 0 Å². The molecule has 3 saturated heterocycles. The number of imide groups is 1. The first kappa shape index (κ1) is 40.3. The molecule has 14 heteroatoms. The second kappa shape index (κ2) is 13.5. The van der Waals surface area contributed by atoms with Gasteiger partial charge in [-0.1, -0.05) is 69.4 Å². The molecule has 2 amide bonds. The standard InChI is InChI=1S/C40H61Cl3N2O9/c1-20-16-24(32(36(5,6)49)54-34(48)44-33(47)40(41,42)43)52-31-28(20)37(7)12-13-38-21(2)39(38)11-10-26(53-27-17-45(14-15-51-27)22-18-50-19-22)35(3,4)25(39)9-8-23(38)29(37)30(31)46/h20-32,46,49H,8-19H2,1-7H3,(H,44,47,48)/t20-,21+,23+,24-,25?,26+,27?,28+,29?,30-,31+,32+,37-,38+,39-/m1/s1. The molecule has 8 rings (SSSR count). The highest BCUT2D eigenvalue weighted by atomic mass is 35.6. The molecule has 0 aromatic carbocycles. The maximum absolute atomic E-state index is 12.8. The summed E-state index contributed by atoms with van der Waals surface area (Å²) in [4.78, 5) is 27.5. The van der Waals surface area contributed by atoms with Crippen LogP contribution in [-0.2, 0) is 28.5 Å². The number of hydrogen-bond acceptors (Lipinski definition) is 10. The lowest BCUT2D eigenvalue weighted by atomic mass is 9.45. The molecule has 5 aliphatic carbocycles. The number of carbonyl (C=O) groups is 2. The van der Waals surface area contributed by atoms with E-state index in [1.165, 1.54) is 13.8 Å². The van der Waals surface area contributed by atoms with Gasteiger partial charge in [-0.15, -0.1) is 0 Å². The zero-order valence-corrected chi connectivity index (χ0v) is 35.1. The average molecular weight is 820 g/mol. The van der Waals surface area contributed by atoms with Crippen molar-refractivity contribution in [2.45, 2.75) is 146 Å². The van der Waals surface area contributed by atoms with Gasteiger partial charge in [0.25, 0.3) is 9.70 Å². The molecule has 11 nitrogen and oxygen atoms in total. The van der Waals surface area contributed by atoms with Gasteiger partial charge >= 0.3 is 6.09 Å². The van der Waals surface area contributed by atoms with Gasteiger partial charge in [-0.3, -0.25) is 15.0 Å². The van der Waals surface area contributed by atoms with Gasteiger partial charge in [0, 0.05) is 6.54 Å². The van der Waals surface area contributed by atoms with Crippen LogP contribution in [-0.4, -0.2) is 112 Å². The minimum absolute atomic E-state index is 0.0120. The molecular formula is C40H61Cl3N2O9. The summed E-state index contributed by atoms with van der Waals surface area (Å²) >= 11 is 16.9. The van der Waals surface area contributed by atoms with Crippen LogP contribution in [0, 0.1) is 57.2 Å². The van der Waals surface area contributed by atoms with Crippen LogP contribution in [0.1, 0.15) is 93.4 Å². The van der Waals surface area contributed by atoms with Crippen LogP contribution in [0.25, 0.3) is 0 Å². The summed E-state index contributed by atoms with van der Waals surface area (Å²) in [5.74, 6) is 0.627. The smallest absolute Gasteiger partial charge is 0.414 e. The minimum Gasteiger partial charge on any atom is -0.440 e. The molecule has 306 valence electrons. The fraction of sp³-hybridized carbons (Fsp3) is 0.950. The van der Waals surface area contributed by atoms with Crippen LogP contribution >= 0.6 is 34.8 Å². The molecule has 3 N–H and O–H groups in total. The van der Waals surface area contributed by atoms with Crippen molar-refractivity contribution in [3.8, 4) is 0 Å². The normalized spacial score (nSPS) is 47.8. The van der Waals surface area contributed by atoms with Gasteiger partial charge in [0.15, 0.2) is 12.4 Å². The number of nitrogens with one attached hydrogen (secondary N) is 1. The minimum atomic E-state index is -2.36. The monoisotopic (exact) mass is 818 g/mol. The zero-order valence-electron chi connectivity index (χ0n) is 32.8. The quantitative estimate of drug-likeness (QED) is 0.280. The Morgan fingerprint density at radius 3 is 2.37 bits per heavy atom. The predicted molar refractivity (Wildman–Crippen MR) is 202 cm³/mol. The van der Waals surface area contributed by atoms with E-state index in [1.54, 1.807) is 0 Å². The summed E-state index contributed by atoms with van der Waals surface area (Å²) < 4.78 is 28.7. The third-order valence-corrected chi connectivity index (χ3v) is 17.3. The summed E-state index contributed by atoms with van der Waals surface area (Å²) in [6, 6.07) is 0.478. The molecule has 0 bridgehead atoms. The number of fused-ring (bicyclic) bond motifs is 4. The third-order valence-electron chi connectivity index (χ3n) is 16.8. The third kappa shape index (κ3) is 5.96. The van der Waals surface area contributed by atoms with Crippen molar-refractivity contribution >= 4 is 46.8 Å². The molecule has 3 unspecified atom stereocenters. The highest BCUT2D eigenvalue weighted by molar-refractivity contribution is 6.76. The highest BCUT2D eigenvalue weighted by Crippen LogP contribution is 2.89. The Balaban J connectivity index is 0.996. The Morgan fingerprint density at radius 1 is 1.00 bits per heavy atom. The molecule has 0 aromatic rings. The number of nitrogens with zero attached hydrogens (tertiary/aromatic N) is 1. The van der Waals surface area contributed by atoms with Crippen LogP contribution in [0.4, 0.5) is 4.79 Å². The van der Waals surface area contributed by atoms with E-state index >= 15 is 0 Å². The van der Waals surface area contributed by atoms with Gasteiger partial charge in [0.1, 0.15) is 0 Å². The van der Waals surface area contributed by atoms with Crippen molar-refractivity contribution in [1.29, 1.82) is 0 Å². The van der Waals surface area contributed by atoms with Crippen molar-refractivity contribution < 1.29 is 43.5 Å². The molecule has 0 aromatic heterocycles. The number of amides is 2. The summed E-state index contributed by atoms with van der Waals surface area (Å²) in [7, 11) is 0. The van der Waals surface area contributed by atoms with Crippen LogP contribution in [0.5, 0.6) is 0 Å². The Kier molecular flexibility index (Phi) is 10.1. The number of alkyl halides is 3. The molecule has 2 spiro atoms. The Morgan fingerprint density at radius 2 is 1.72 bits per heavy atom. The van der Waals surface area contributed by atoms with Crippen LogP contribution in [0.3, 0.4) is 0 Å². The number of morpholine rings is 1. The Hall–Kier alpha value is -0.470. The molecule has 3 heterocycles. The number of ether oxygens (including phenoxy) is 5. The molecular weight excluding hydrogens is 759 g/mol. The van der Waals surface area contributed by atoms with Crippen molar-refractivity contribution in [2.24, 2.45) is 57.2 Å². The van der Waals surface area contributed by atoms with E-state index in [1.807, 2.05) is 5.32 Å². The number of aliphatic hydroxyl groups is 2. The predicted octanol–water partition coefficient (Wildman–Crippen LogP) is 5.86. The van der Waals surface area contributed by atoms with E-state index in [0.717, 1.165) is 64.8 Å². The number of alkyl carbamates (subject to hydrolysis) is 1. The SMILES string of the molecule is C[C@@H]1C[C@H]([C@H](OC(=O)NC(=O)C(Cl)(Cl)Cl)C(C)(C)O)O[C@H]2[C@H]1[C@@]1(C)CC[C@]34[C@@H](CCC5C(C)(C)[C@@H](OC6CN(C7COC7)CCO6)CC[C@@]53[C@H]4C)C1[C@H]2O. The number of hydrogen-bond donors (Lipinski definition) is 3. The fourth-order valence-corrected chi connectivity index (χ4v) is 14.8. The summed E-state index contributed by atoms with van der Waals surface area (Å²) in [5, 5.41) is 25.7. The molecule has 5 saturated carbocycles. The van der Waals surface area contributed by atoms with Gasteiger partial charge in [0.2, 0.25) is 0 Å². The van der Waals surface area contributed by atoms with E-state index < -0.39 is 45.8 Å². The van der Waals surface area contributed by atoms with Gasteiger partial charge in [-0.2, -0.15) is 0 Å². The highest BCUT2D eigenvalue weighted by Gasteiger charge is 2.85. The molecule has 15 atom stereocenters. The summed E-state index contributed by atoms with van der Waals surface area (Å²) in [5.41, 5.74) is -1.26. The van der Waals surface area contributed by atoms with Gasteiger partial charge in [0.05, 0.1) is 62.4 Å². The van der Waals surface area contributed by atoms with Crippen molar-refractivity contribution in [3.63, 3.8) is 0 Å². The van der Waals surface area contributed by atoms with Gasteiger partial charge in [-0.05, 0) is 116 Å². The van der Waals surface area contributed by atoms with E-state index in [2.05, 4.69) is 39.5 Å². The molecule has 8 fully saturated rings. The summed E-state index contributed by atoms with van der Waals surface area (Å²) in [6.07, 6.45) is 2.80. The molecule has 54 heavy (non-hydrogen) atoms. The van der Waals surface area contributed by atoms with Crippen LogP contribution < -0.4 is 5.32 Å². The Labute approximate surface area is 335 Å². The first-order valence-corrected chi connectivity index (χ1v) is 21.5.